The van der Waals surface area contributed by atoms with Crippen molar-refractivity contribution in [2.24, 2.45) is 0 Å². The van der Waals surface area contributed by atoms with Crippen LogP contribution in [0.3, 0.4) is 0 Å². The van der Waals surface area contributed by atoms with E-state index in [9.17, 15) is 9.18 Å². The van der Waals surface area contributed by atoms with E-state index in [1.807, 2.05) is 61.5 Å². The zero-order chi connectivity index (χ0) is 25.2. The van der Waals surface area contributed by atoms with Crippen molar-refractivity contribution in [2.45, 2.75) is 13.0 Å². The van der Waals surface area contributed by atoms with E-state index in [0.29, 0.717) is 22.3 Å². The van der Waals surface area contributed by atoms with Crippen LogP contribution in [0, 0.1) is 12.4 Å². The van der Waals surface area contributed by atoms with Gasteiger partial charge in [0.15, 0.2) is 0 Å². The van der Waals surface area contributed by atoms with Crippen LogP contribution >= 0.6 is 0 Å². The number of hydrogen-bond donors (Lipinski definition) is 2. The number of hydrogen-bond acceptors (Lipinski definition) is 5. The van der Waals surface area contributed by atoms with Gasteiger partial charge in [0.1, 0.15) is 11.6 Å². The van der Waals surface area contributed by atoms with E-state index in [0.717, 1.165) is 10.9 Å². The monoisotopic (exact) mass is 476 g/mol. The van der Waals surface area contributed by atoms with E-state index in [-0.39, 0.29) is 28.8 Å². The molecule has 0 aliphatic rings. The van der Waals surface area contributed by atoms with Crippen LogP contribution in [0.5, 0.6) is 0 Å². The lowest BCUT2D eigenvalue weighted by Gasteiger charge is -2.22. The summed E-state index contributed by atoms with van der Waals surface area (Å²) >= 11 is 0. The van der Waals surface area contributed by atoms with Crippen molar-refractivity contribution in [2.75, 3.05) is 11.1 Å². The fourth-order valence-corrected chi connectivity index (χ4v) is 4.27. The molecule has 3 aromatic carbocycles. The molecule has 2 heterocycles. The van der Waals surface area contributed by atoms with Crippen LogP contribution in [0.2, 0.25) is 0 Å². The van der Waals surface area contributed by atoms with E-state index in [1.54, 1.807) is 16.7 Å². The molecule has 3 N–H and O–H groups in total. The van der Waals surface area contributed by atoms with Crippen molar-refractivity contribution < 1.29 is 4.39 Å². The van der Waals surface area contributed by atoms with Crippen molar-refractivity contribution in [3.05, 3.63) is 118 Å². The first kappa shape index (κ1) is 22.7. The number of rotatable bonds is 5. The van der Waals surface area contributed by atoms with Gasteiger partial charge in [0, 0.05) is 17.6 Å². The number of anilines is 2. The second-order valence-corrected chi connectivity index (χ2v) is 8.26. The number of aromatic nitrogens is 3. The molecule has 0 saturated heterocycles. The summed E-state index contributed by atoms with van der Waals surface area (Å²) in [6.45, 7) is 9.31. The van der Waals surface area contributed by atoms with E-state index in [1.165, 1.54) is 18.3 Å². The Bertz CT molecular complexity index is 1670. The molecule has 5 rings (SSSR count). The number of nitrogens with zero attached hydrogens (tertiary/aromatic N) is 4. The molecule has 0 aliphatic carbocycles. The van der Waals surface area contributed by atoms with Crippen LogP contribution < -0.4 is 16.6 Å². The minimum atomic E-state index is -0.424. The Balaban J connectivity index is 1.74. The zero-order valence-electron chi connectivity index (χ0n) is 19.3. The zero-order valence-corrected chi connectivity index (χ0v) is 19.3. The molecule has 0 fully saturated rings. The normalized spacial score (nSPS) is 11.7. The predicted molar refractivity (Wildman–Crippen MR) is 140 cm³/mol. The number of fused-ring (bicyclic) bond motifs is 1. The fourth-order valence-electron chi connectivity index (χ4n) is 4.27. The Morgan fingerprint density at radius 2 is 1.81 bits per heavy atom. The van der Waals surface area contributed by atoms with E-state index < -0.39 is 6.04 Å². The highest BCUT2D eigenvalue weighted by atomic mass is 19.1. The summed E-state index contributed by atoms with van der Waals surface area (Å²) in [5.74, 6) is -0.00997. The Morgan fingerprint density at radius 1 is 1.06 bits per heavy atom. The Hall–Kier alpha value is -5.03. The maximum Gasteiger partial charge on any atom is 0.263 e. The lowest BCUT2D eigenvalue weighted by atomic mass is 9.98. The molecule has 0 unspecified atom stereocenters. The molecule has 8 heteroatoms. The van der Waals surface area contributed by atoms with Gasteiger partial charge in [-0.25, -0.2) is 19.2 Å². The summed E-state index contributed by atoms with van der Waals surface area (Å²) in [4.78, 5) is 25.7. The molecule has 0 bridgehead atoms. The highest BCUT2D eigenvalue weighted by Crippen LogP contribution is 2.31. The standard InChI is InChI=1S/C28H21FN6O/c1-17(33-26-23(31-2)16-32-28(30)34-26)24-15-19-7-6-10-22(18-11-13-20(29)14-12-18)25(19)27(36)35(24)21-8-4-3-5-9-21/h3-17H,1H3,(H3,30,32,33,34)/t17-/m0/s1. The number of nitrogens with one attached hydrogen (secondary N) is 1. The Labute approximate surface area is 206 Å². The first-order chi connectivity index (χ1) is 17.5. The molecule has 1 atom stereocenters. The van der Waals surface area contributed by atoms with Crippen molar-refractivity contribution in [3.8, 4) is 16.8 Å². The molecule has 2 aromatic heterocycles. The van der Waals surface area contributed by atoms with Crippen LogP contribution in [0.1, 0.15) is 18.7 Å². The average Bonchev–Trinajstić information content (AvgIpc) is 2.89. The minimum absolute atomic E-state index is 0.0417. The number of halogens is 1. The van der Waals surface area contributed by atoms with Gasteiger partial charge < -0.3 is 11.1 Å². The van der Waals surface area contributed by atoms with Crippen molar-refractivity contribution >= 4 is 28.2 Å². The predicted octanol–water partition coefficient (Wildman–Crippen LogP) is 5.89. The molecular weight excluding hydrogens is 455 g/mol. The maximum absolute atomic E-state index is 14.1. The first-order valence-corrected chi connectivity index (χ1v) is 11.2. The third-order valence-corrected chi connectivity index (χ3v) is 5.95. The molecule has 176 valence electrons. The van der Waals surface area contributed by atoms with Gasteiger partial charge in [-0.05, 0) is 53.8 Å². The minimum Gasteiger partial charge on any atom is -0.371 e. The van der Waals surface area contributed by atoms with Gasteiger partial charge in [-0.15, -0.1) is 0 Å². The molecule has 0 aliphatic heterocycles. The number of para-hydroxylation sites is 1. The smallest absolute Gasteiger partial charge is 0.263 e. The van der Waals surface area contributed by atoms with Gasteiger partial charge in [0.2, 0.25) is 11.6 Å². The largest absolute Gasteiger partial charge is 0.371 e. The first-order valence-electron chi connectivity index (χ1n) is 11.2. The quantitative estimate of drug-likeness (QED) is 0.309. The summed E-state index contributed by atoms with van der Waals surface area (Å²) < 4.78 is 15.2. The molecule has 36 heavy (non-hydrogen) atoms. The van der Waals surface area contributed by atoms with E-state index >= 15 is 0 Å². The van der Waals surface area contributed by atoms with Crippen molar-refractivity contribution in [3.63, 3.8) is 0 Å². The third-order valence-electron chi connectivity index (χ3n) is 5.95. The van der Waals surface area contributed by atoms with Gasteiger partial charge in [0.25, 0.3) is 5.56 Å². The molecule has 0 radical (unpaired) electrons. The van der Waals surface area contributed by atoms with Gasteiger partial charge in [0.05, 0.1) is 18.0 Å². The number of nitrogen functional groups attached to an aromatic ring is 1. The summed E-state index contributed by atoms with van der Waals surface area (Å²) in [5, 5.41) is 4.49. The van der Waals surface area contributed by atoms with Crippen LogP contribution in [0.15, 0.2) is 89.9 Å². The van der Waals surface area contributed by atoms with Crippen LogP contribution in [0.25, 0.3) is 32.4 Å². The van der Waals surface area contributed by atoms with Gasteiger partial charge >= 0.3 is 0 Å². The van der Waals surface area contributed by atoms with Gasteiger partial charge in [-0.3, -0.25) is 9.36 Å². The van der Waals surface area contributed by atoms with E-state index in [4.69, 9.17) is 12.3 Å². The molecule has 0 saturated carbocycles. The average molecular weight is 477 g/mol. The SMILES string of the molecule is [C-]#[N+]c1cnc(N)nc1N[C@@H](C)c1cc2cccc(-c3ccc(F)cc3)c2c(=O)n1-c1ccccc1. The van der Waals surface area contributed by atoms with Crippen LogP contribution in [-0.2, 0) is 0 Å². The summed E-state index contributed by atoms with van der Waals surface area (Å²) in [6.07, 6.45) is 1.37. The van der Waals surface area contributed by atoms with Crippen LogP contribution in [-0.4, -0.2) is 14.5 Å². The summed E-state index contributed by atoms with van der Waals surface area (Å²) in [5.41, 5.74) is 8.59. The van der Waals surface area contributed by atoms with E-state index in [2.05, 4.69) is 20.1 Å². The van der Waals surface area contributed by atoms with Gasteiger partial charge in [-0.1, -0.05) is 48.5 Å². The van der Waals surface area contributed by atoms with Crippen molar-refractivity contribution in [1.29, 1.82) is 0 Å². The highest BCUT2D eigenvalue weighted by molar-refractivity contribution is 5.96. The number of pyridine rings is 1. The molecule has 5 aromatic rings. The maximum atomic E-state index is 14.1. The van der Waals surface area contributed by atoms with Crippen molar-refractivity contribution in [1.82, 2.24) is 14.5 Å². The highest BCUT2D eigenvalue weighted by Gasteiger charge is 2.20. The molecule has 0 amide bonds. The number of nitrogens with two attached hydrogens (primary N) is 1. The number of benzene rings is 3. The summed E-state index contributed by atoms with van der Waals surface area (Å²) in [6, 6.07) is 22.5. The topological polar surface area (TPSA) is 90.2 Å². The third kappa shape index (κ3) is 4.14. The molecule has 7 nitrogen and oxygen atoms in total. The van der Waals surface area contributed by atoms with Crippen LogP contribution in [0.4, 0.5) is 21.8 Å². The molecule has 0 spiro atoms. The second-order valence-electron chi connectivity index (χ2n) is 8.26. The summed E-state index contributed by atoms with van der Waals surface area (Å²) in [7, 11) is 0. The Kier molecular flexibility index (Phi) is 5.88. The van der Waals surface area contributed by atoms with Gasteiger partial charge in [-0.2, -0.15) is 0 Å². The Morgan fingerprint density at radius 3 is 2.53 bits per heavy atom. The molecular formula is C28H21FN6O. The second kappa shape index (κ2) is 9.31. The fraction of sp³-hybridized carbons (Fsp3) is 0.0714. The lowest BCUT2D eigenvalue weighted by molar-refractivity contribution is 0.628. The lowest BCUT2D eigenvalue weighted by Crippen LogP contribution is -2.26.